The quantitative estimate of drug-likeness (QED) is 0.287. The lowest BCUT2D eigenvalue weighted by Gasteiger charge is -2.23. The molecule has 1 aliphatic heterocycles. The maximum atomic E-state index is 6.56. The van der Waals surface area contributed by atoms with Crippen LogP contribution in [-0.4, -0.2) is 11.9 Å². The SMILES string of the molecule is C1=C(c2ccccc2)[O+]=C(c2ccccc2)C[P+]1(c1ccccc1)c1ccccc1. The number of ketones is 1. The molecular weight excluding hydrogens is 383 g/mol. The van der Waals surface area contributed by atoms with Crippen molar-refractivity contribution in [1.82, 2.24) is 0 Å². The predicted octanol–water partition coefficient (Wildman–Crippen LogP) is 6.09. The highest BCUT2D eigenvalue weighted by Gasteiger charge is 2.51. The molecule has 5 rings (SSSR count). The molecule has 0 saturated carbocycles. The summed E-state index contributed by atoms with van der Waals surface area (Å²) in [6.45, 7) is 0. The zero-order chi connectivity index (χ0) is 20.2. The Morgan fingerprint density at radius 2 is 0.933 bits per heavy atom. The summed E-state index contributed by atoms with van der Waals surface area (Å²) in [7, 11) is -1.86. The third-order valence-corrected chi connectivity index (χ3v) is 9.45. The van der Waals surface area contributed by atoms with Crippen molar-refractivity contribution in [2.24, 2.45) is 0 Å². The second kappa shape index (κ2) is 8.22. The van der Waals surface area contributed by atoms with Crippen LogP contribution in [0.5, 0.6) is 0 Å². The molecule has 30 heavy (non-hydrogen) atoms. The number of rotatable bonds is 4. The highest BCUT2D eigenvalue weighted by Crippen LogP contribution is 2.61. The molecule has 0 radical (unpaired) electrons. The lowest BCUT2D eigenvalue weighted by atomic mass is 10.1. The van der Waals surface area contributed by atoms with Crippen LogP contribution in [0.4, 0.5) is 0 Å². The van der Waals surface area contributed by atoms with Gasteiger partial charge in [0.2, 0.25) is 0 Å². The minimum absolute atomic E-state index is 0.876. The average Bonchev–Trinajstić information content (AvgIpc) is 2.86. The van der Waals surface area contributed by atoms with Gasteiger partial charge in [-0.25, -0.2) is 4.42 Å². The topological polar surface area (TPSA) is 11.3 Å². The molecule has 0 fully saturated rings. The first-order valence-corrected chi connectivity index (χ1v) is 12.3. The standard InChI is InChI=1S/C28H23OP/c1-5-13-23(14-6-1)27-21-30(25-17-9-3-10-18-25,26-19-11-4-12-20-26)22-28(29-27)24-15-7-2-8-16-24/h1-21H,22H2/q+2. The third kappa shape index (κ3) is 3.54. The summed E-state index contributed by atoms with van der Waals surface area (Å²) >= 11 is 0. The molecule has 4 aromatic carbocycles. The minimum Gasteiger partial charge on any atom is -0.204 e. The first-order chi connectivity index (χ1) is 14.9. The summed E-state index contributed by atoms with van der Waals surface area (Å²) in [5.41, 5.74) is 2.26. The third-order valence-electron chi connectivity index (χ3n) is 5.55. The van der Waals surface area contributed by atoms with Crippen molar-refractivity contribution >= 4 is 29.4 Å². The van der Waals surface area contributed by atoms with Gasteiger partial charge in [0.25, 0.3) is 0 Å². The zero-order valence-electron chi connectivity index (χ0n) is 16.7. The molecule has 0 atom stereocenters. The van der Waals surface area contributed by atoms with Gasteiger partial charge in [0.15, 0.2) is 12.0 Å². The molecular formula is C28H23OP+2. The van der Waals surface area contributed by atoms with Gasteiger partial charge in [-0.15, -0.1) is 0 Å². The Kier molecular flexibility index (Phi) is 5.13. The maximum absolute atomic E-state index is 6.56. The van der Waals surface area contributed by atoms with Crippen LogP contribution in [-0.2, 0) is 0 Å². The fourth-order valence-corrected chi connectivity index (χ4v) is 7.81. The molecule has 0 spiro atoms. The molecule has 4 aromatic rings. The Hall–Kier alpha value is -3.28. The first kappa shape index (κ1) is 18.7. The number of benzene rings is 4. The fraction of sp³-hybridized carbons (Fsp3) is 0.0357. The highest BCUT2D eigenvalue weighted by molar-refractivity contribution is 7.93. The van der Waals surface area contributed by atoms with Crippen LogP contribution in [0.25, 0.3) is 5.76 Å². The van der Waals surface area contributed by atoms with Gasteiger partial charge in [-0.05, 0) is 48.5 Å². The molecule has 0 amide bonds. The molecule has 0 aromatic heterocycles. The monoisotopic (exact) mass is 406 g/mol. The van der Waals surface area contributed by atoms with Gasteiger partial charge in [0, 0.05) is 0 Å². The summed E-state index contributed by atoms with van der Waals surface area (Å²) in [5, 5.41) is 2.75. The van der Waals surface area contributed by atoms with Gasteiger partial charge in [0.1, 0.15) is 17.9 Å². The van der Waals surface area contributed by atoms with E-state index >= 15 is 0 Å². The lowest BCUT2D eigenvalue weighted by molar-refractivity contribution is -0.141. The smallest absolute Gasteiger partial charge is 0.204 e. The molecule has 0 bridgehead atoms. The summed E-state index contributed by atoms with van der Waals surface area (Å²) in [5.74, 6) is 4.40. The van der Waals surface area contributed by atoms with E-state index in [9.17, 15) is 0 Å². The number of hydrogen-bond acceptors (Lipinski definition) is 0. The van der Waals surface area contributed by atoms with Crippen LogP contribution < -0.4 is 10.6 Å². The minimum atomic E-state index is -1.86. The second-order valence-electron chi connectivity index (χ2n) is 7.45. The van der Waals surface area contributed by atoms with E-state index in [2.05, 4.69) is 121 Å². The lowest BCUT2D eigenvalue weighted by Crippen LogP contribution is -2.29. The Morgan fingerprint density at radius 3 is 1.43 bits per heavy atom. The van der Waals surface area contributed by atoms with Gasteiger partial charge in [-0.3, -0.25) is 0 Å². The van der Waals surface area contributed by atoms with Crippen LogP contribution in [0.3, 0.4) is 0 Å². The van der Waals surface area contributed by atoms with E-state index in [1.807, 2.05) is 6.07 Å². The predicted molar refractivity (Wildman–Crippen MR) is 129 cm³/mol. The van der Waals surface area contributed by atoms with Crippen molar-refractivity contribution in [3.8, 4) is 0 Å². The average molecular weight is 406 g/mol. The number of carbonyl (C=O) groups excluding carboxylic acids is 1. The molecule has 0 saturated heterocycles. The van der Waals surface area contributed by atoms with Crippen molar-refractivity contribution < 1.29 is 4.42 Å². The van der Waals surface area contributed by atoms with Crippen LogP contribution in [0, 0.1) is 0 Å². The highest BCUT2D eigenvalue weighted by atomic mass is 31.2. The molecule has 0 N–H and O–H groups in total. The van der Waals surface area contributed by atoms with Crippen molar-refractivity contribution in [2.75, 3.05) is 6.16 Å². The summed E-state index contributed by atoms with van der Waals surface area (Å²) in [4.78, 5) is 0. The van der Waals surface area contributed by atoms with E-state index in [1.54, 1.807) is 0 Å². The Balaban J connectivity index is 1.78. The molecule has 2 heteroatoms. The van der Waals surface area contributed by atoms with Crippen LogP contribution in [0.15, 0.2) is 127 Å². The molecule has 1 heterocycles. The van der Waals surface area contributed by atoms with Gasteiger partial charge < -0.3 is 0 Å². The molecule has 0 aliphatic carbocycles. The van der Waals surface area contributed by atoms with Crippen molar-refractivity contribution in [3.63, 3.8) is 0 Å². The van der Waals surface area contributed by atoms with Gasteiger partial charge in [-0.2, -0.15) is 0 Å². The van der Waals surface area contributed by atoms with Gasteiger partial charge in [-0.1, -0.05) is 72.8 Å². The Morgan fingerprint density at radius 1 is 0.500 bits per heavy atom. The van der Waals surface area contributed by atoms with Crippen LogP contribution in [0.2, 0.25) is 0 Å². The summed E-state index contributed by atoms with van der Waals surface area (Å²) in [6, 6.07) is 42.8. The normalized spacial score (nSPS) is 15.2. The fourth-order valence-electron chi connectivity index (χ4n) is 4.04. The molecule has 1 aliphatic rings. The van der Waals surface area contributed by atoms with Gasteiger partial charge >= 0.3 is 11.5 Å². The molecule has 0 unspecified atom stereocenters. The summed E-state index contributed by atoms with van der Waals surface area (Å²) < 4.78 is 6.56. The van der Waals surface area contributed by atoms with Crippen LogP contribution in [0.1, 0.15) is 15.6 Å². The number of hydrogen-bond donors (Lipinski definition) is 0. The van der Waals surface area contributed by atoms with E-state index in [0.29, 0.717) is 0 Å². The van der Waals surface area contributed by atoms with Crippen molar-refractivity contribution in [3.05, 3.63) is 138 Å². The van der Waals surface area contributed by atoms with Crippen LogP contribution >= 0.6 is 7.26 Å². The van der Waals surface area contributed by atoms with E-state index in [1.165, 1.54) is 10.6 Å². The molecule has 144 valence electrons. The largest absolute Gasteiger partial charge is 0.395 e. The van der Waals surface area contributed by atoms with E-state index in [0.717, 1.165) is 28.8 Å². The Bertz CT molecular complexity index is 1140. The first-order valence-electron chi connectivity index (χ1n) is 10.2. The van der Waals surface area contributed by atoms with Gasteiger partial charge in [0.05, 0.1) is 11.1 Å². The zero-order valence-corrected chi connectivity index (χ0v) is 17.6. The van der Waals surface area contributed by atoms with Crippen molar-refractivity contribution in [1.29, 1.82) is 0 Å². The maximum Gasteiger partial charge on any atom is 0.395 e. The molecule has 1 nitrogen and oxygen atoms in total. The van der Waals surface area contributed by atoms with Crippen molar-refractivity contribution in [2.45, 2.75) is 0 Å². The van der Waals surface area contributed by atoms with E-state index in [-0.39, 0.29) is 0 Å². The summed E-state index contributed by atoms with van der Waals surface area (Å²) in [6.07, 6.45) is 0.876. The van der Waals surface area contributed by atoms with E-state index in [4.69, 9.17) is 4.42 Å². The van der Waals surface area contributed by atoms with E-state index < -0.39 is 7.26 Å². The Labute approximate surface area is 178 Å². The second-order valence-corrected chi connectivity index (χ2v) is 10.8.